The van der Waals surface area contributed by atoms with Gasteiger partial charge >= 0.3 is 0 Å². The monoisotopic (exact) mass is 528 g/mol. The third kappa shape index (κ3) is 5.74. The van der Waals surface area contributed by atoms with Crippen molar-refractivity contribution in [3.05, 3.63) is 53.6 Å². The van der Waals surface area contributed by atoms with Crippen LogP contribution in [0.25, 0.3) is 10.2 Å². The van der Waals surface area contributed by atoms with Gasteiger partial charge < -0.3 is 9.80 Å². The maximum absolute atomic E-state index is 13.2. The Hall–Kier alpha value is -2.49. The first-order valence-corrected chi connectivity index (χ1v) is 15.1. The van der Waals surface area contributed by atoms with Crippen LogP contribution in [-0.4, -0.2) is 67.8 Å². The first-order valence-electron chi connectivity index (χ1n) is 12.9. The molecule has 0 spiro atoms. The number of rotatable bonds is 10. The molecule has 1 amide bonds. The average Bonchev–Trinajstić information content (AvgIpc) is 3.34. The second-order valence-corrected chi connectivity index (χ2v) is 12.3. The first-order chi connectivity index (χ1) is 17.3. The molecule has 194 valence electrons. The van der Waals surface area contributed by atoms with Crippen LogP contribution in [0.3, 0.4) is 0 Å². The second kappa shape index (κ2) is 11.7. The van der Waals surface area contributed by atoms with Gasteiger partial charge in [0.1, 0.15) is 0 Å². The van der Waals surface area contributed by atoms with E-state index in [0.29, 0.717) is 31.7 Å². The van der Waals surface area contributed by atoms with E-state index in [9.17, 15) is 13.2 Å². The van der Waals surface area contributed by atoms with E-state index < -0.39 is 10.0 Å². The van der Waals surface area contributed by atoms with E-state index in [1.807, 2.05) is 4.90 Å². The van der Waals surface area contributed by atoms with Gasteiger partial charge in [-0.05, 0) is 55.7 Å². The van der Waals surface area contributed by atoms with Gasteiger partial charge in [0.05, 0.1) is 15.1 Å². The molecule has 1 aliphatic rings. The van der Waals surface area contributed by atoms with Crippen molar-refractivity contribution in [3.63, 3.8) is 0 Å². The van der Waals surface area contributed by atoms with Gasteiger partial charge in [-0.1, -0.05) is 50.2 Å². The lowest BCUT2D eigenvalue weighted by Crippen LogP contribution is -2.48. The minimum atomic E-state index is -3.57. The molecule has 0 radical (unpaired) electrons. The number of hydrogen-bond donors (Lipinski definition) is 0. The number of sulfonamides is 1. The van der Waals surface area contributed by atoms with Crippen molar-refractivity contribution < 1.29 is 13.2 Å². The fourth-order valence-corrected chi connectivity index (χ4v) is 7.05. The average molecular weight is 529 g/mol. The Balaban J connectivity index is 1.40. The van der Waals surface area contributed by atoms with Crippen LogP contribution in [-0.2, 0) is 10.0 Å². The zero-order chi connectivity index (χ0) is 25.7. The summed E-state index contributed by atoms with van der Waals surface area (Å²) in [7, 11) is -3.57. The number of nitrogens with zero attached hydrogens (tertiary/aromatic N) is 4. The maximum Gasteiger partial charge on any atom is 0.253 e. The number of para-hydroxylation sites is 1. The second-order valence-electron chi connectivity index (χ2n) is 9.33. The molecular formula is C27H36N4O3S2. The van der Waals surface area contributed by atoms with Gasteiger partial charge in [-0.25, -0.2) is 13.4 Å². The van der Waals surface area contributed by atoms with Crippen LogP contribution >= 0.6 is 11.3 Å². The fraction of sp³-hybridized carbons (Fsp3) is 0.481. The smallest absolute Gasteiger partial charge is 0.253 e. The number of carbonyl (C=O) groups excluding carboxylic acids is 1. The van der Waals surface area contributed by atoms with Crippen molar-refractivity contribution in [1.29, 1.82) is 0 Å². The van der Waals surface area contributed by atoms with E-state index in [1.165, 1.54) is 10.3 Å². The normalized spacial score (nSPS) is 14.7. The van der Waals surface area contributed by atoms with E-state index in [4.69, 9.17) is 4.98 Å². The summed E-state index contributed by atoms with van der Waals surface area (Å²) in [4.78, 5) is 22.3. The fourth-order valence-electron chi connectivity index (χ4n) is 4.43. The van der Waals surface area contributed by atoms with Gasteiger partial charge in [-0.2, -0.15) is 4.31 Å². The topological polar surface area (TPSA) is 73.8 Å². The van der Waals surface area contributed by atoms with Gasteiger partial charge in [-0.15, -0.1) is 0 Å². The van der Waals surface area contributed by atoms with Crippen molar-refractivity contribution in [2.24, 2.45) is 0 Å². The highest BCUT2D eigenvalue weighted by molar-refractivity contribution is 7.89. The van der Waals surface area contributed by atoms with Crippen LogP contribution in [0.5, 0.6) is 0 Å². The molecule has 2 aromatic carbocycles. The summed E-state index contributed by atoms with van der Waals surface area (Å²) in [6, 6.07) is 12.7. The molecule has 7 nitrogen and oxygen atoms in total. The largest absolute Gasteiger partial charge is 0.345 e. The Labute approximate surface area is 218 Å². The molecule has 1 aliphatic heterocycles. The van der Waals surface area contributed by atoms with Crippen LogP contribution in [0.15, 0.2) is 47.4 Å². The Morgan fingerprint density at radius 1 is 0.972 bits per heavy atom. The molecule has 0 bridgehead atoms. The number of piperazine rings is 1. The van der Waals surface area contributed by atoms with Crippen molar-refractivity contribution in [2.45, 2.75) is 51.3 Å². The number of aromatic nitrogens is 1. The van der Waals surface area contributed by atoms with E-state index in [-0.39, 0.29) is 10.8 Å². The lowest BCUT2D eigenvalue weighted by molar-refractivity contribution is 0.0746. The minimum Gasteiger partial charge on any atom is -0.345 e. The summed E-state index contributed by atoms with van der Waals surface area (Å²) in [5, 5.41) is 0.997. The van der Waals surface area contributed by atoms with E-state index in [0.717, 1.165) is 49.4 Å². The predicted octanol–water partition coefficient (Wildman–Crippen LogP) is 5.16. The van der Waals surface area contributed by atoms with Gasteiger partial charge in [0, 0.05) is 44.8 Å². The number of hydrogen-bond acceptors (Lipinski definition) is 6. The Morgan fingerprint density at radius 3 is 2.19 bits per heavy atom. The zero-order valence-corrected chi connectivity index (χ0v) is 23.1. The van der Waals surface area contributed by atoms with Crippen molar-refractivity contribution in [1.82, 2.24) is 14.2 Å². The molecule has 1 aromatic heterocycles. The molecule has 0 N–H and O–H groups in total. The summed E-state index contributed by atoms with van der Waals surface area (Å²) >= 11 is 1.69. The highest BCUT2D eigenvalue weighted by atomic mass is 32.2. The third-order valence-corrected chi connectivity index (χ3v) is 9.70. The molecule has 0 unspecified atom stereocenters. The molecule has 2 heterocycles. The van der Waals surface area contributed by atoms with Gasteiger partial charge in [-0.3, -0.25) is 4.79 Å². The highest BCUT2D eigenvalue weighted by Gasteiger charge is 2.26. The van der Waals surface area contributed by atoms with Crippen molar-refractivity contribution >= 4 is 42.6 Å². The molecule has 0 aliphatic carbocycles. The zero-order valence-electron chi connectivity index (χ0n) is 21.4. The van der Waals surface area contributed by atoms with Gasteiger partial charge in [0.2, 0.25) is 10.0 Å². The number of amides is 1. The number of fused-ring (bicyclic) bond motifs is 1. The molecule has 9 heteroatoms. The maximum atomic E-state index is 13.2. The SMILES string of the molecule is CCCCN(CCCC)S(=O)(=O)c1ccc(C(=O)N2CCN(c3nc4c(C)cccc4s3)CC2)cc1. The van der Waals surface area contributed by atoms with Crippen LogP contribution in [0.1, 0.15) is 55.5 Å². The Kier molecular flexibility index (Phi) is 8.64. The molecule has 36 heavy (non-hydrogen) atoms. The summed E-state index contributed by atoms with van der Waals surface area (Å²) in [5.41, 5.74) is 2.74. The lowest BCUT2D eigenvalue weighted by atomic mass is 10.2. The molecule has 0 atom stereocenters. The molecule has 4 rings (SSSR count). The van der Waals surface area contributed by atoms with Crippen LogP contribution in [0, 0.1) is 6.92 Å². The highest BCUT2D eigenvalue weighted by Crippen LogP contribution is 2.31. The summed E-state index contributed by atoms with van der Waals surface area (Å²) in [6.45, 7) is 9.91. The van der Waals surface area contributed by atoms with E-state index >= 15 is 0 Å². The van der Waals surface area contributed by atoms with E-state index in [1.54, 1.807) is 39.9 Å². The number of unbranched alkanes of at least 4 members (excludes halogenated alkanes) is 2. The summed E-state index contributed by atoms with van der Waals surface area (Å²) in [6.07, 6.45) is 3.55. The number of thiazole rings is 1. The molecule has 3 aromatic rings. The van der Waals surface area contributed by atoms with Crippen LogP contribution in [0.2, 0.25) is 0 Å². The molecule has 0 saturated carbocycles. The van der Waals surface area contributed by atoms with Crippen LogP contribution < -0.4 is 4.90 Å². The predicted molar refractivity (Wildman–Crippen MR) is 147 cm³/mol. The Morgan fingerprint density at radius 2 is 1.61 bits per heavy atom. The lowest BCUT2D eigenvalue weighted by Gasteiger charge is -2.34. The Bertz CT molecular complexity index is 1270. The molecule has 1 fully saturated rings. The van der Waals surface area contributed by atoms with Crippen LogP contribution in [0.4, 0.5) is 5.13 Å². The molecular weight excluding hydrogens is 492 g/mol. The van der Waals surface area contributed by atoms with Gasteiger partial charge in [0.15, 0.2) is 5.13 Å². The number of anilines is 1. The summed E-state index contributed by atoms with van der Waals surface area (Å²) in [5.74, 6) is -0.0624. The minimum absolute atomic E-state index is 0.0624. The number of carbonyl (C=O) groups is 1. The standard InChI is InChI=1S/C27H36N4O3S2/c1-4-6-15-31(16-7-5-2)36(33,34)23-13-11-22(12-14-23)26(32)29-17-19-30(20-18-29)27-28-25-21(3)9-8-10-24(25)35-27/h8-14H,4-7,15-20H2,1-3H3. The van der Waals surface area contributed by atoms with E-state index in [2.05, 4.69) is 43.9 Å². The first kappa shape index (κ1) is 26.6. The van der Waals surface area contributed by atoms with Crippen molar-refractivity contribution in [3.8, 4) is 0 Å². The number of aryl methyl sites for hydroxylation is 1. The quantitative estimate of drug-likeness (QED) is 0.364. The van der Waals surface area contributed by atoms with Crippen molar-refractivity contribution in [2.75, 3.05) is 44.2 Å². The van der Waals surface area contributed by atoms with Gasteiger partial charge in [0.25, 0.3) is 5.91 Å². The molecule has 1 saturated heterocycles. The number of benzene rings is 2. The third-order valence-electron chi connectivity index (χ3n) is 6.71. The summed E-state index contributed by atoms with van der Waals surface area (Å²) < 4.78 is 29.2.